The maximum Gasteiger partial charge on any atom is 0.236 e. The average Bonchev–Trinajstić information content (AvgIpc) is 3.27. The molecule has 1 N–H and O–H groups in total. The van der Waals surface area contributed by atoms with Gasteiger partial charge in [0.1, 0.15) is 6.26 Å². The lowest BCUT2D eigenvalue weighted by Crippen LogP contribution is -2.48. The molecule has 1 atom stereocenters. The van der Waals surface area contributed by atoms with Crippen molar-refractivity contribution in [2.24, 2.45) is 10.9 Å². The van der Waals surface area contributed by atoms with Crippen LogP contribution in [0.1, 0.15) is 19.5 Å². The number of halogens is 1. The zero-order valence-corrected chi connectivity index (χ0v) is 18.7. The predicted octanol–water partition coefficient (Wildman–Crippen LogP) is 4.17. The molecule has 1 unspecified atom stereocenters. The molecule has 0 spiro atoms. The lowest BCUT2D eigenvalue weighted by atomic mass is 10.1. The normalized spacial score (nSPS) is 18.3. The minimum Gasteiger partial charge on any atom is -0.443 e. The number of hydrogen-bond acceptors (Lipinski definition) is 5. The molecule has 5 nitrogen and oxygen atoms in total. The number of aliphatic imine (C=N–C) groups is 1. The Morgan fingerprint density at radius 3 is 3.04 bits per heavy atom. The van der Waals surface area contributed by atoms with Gasteiger partial charge in [-0.15, -0.1) is 35.3 Å². The summed E-state index contributed by atoms with van der Waals surface area (Å²) in [4.78, 5) is 12.4. The minimum atomic E-state index is 0. The number of aromatic nitrogens is 1. The molecule has 1 aliphatic rings. The van der Waals surface area contributed by atoms with Crippen molar-refractivity contribution in [3.63, 3.8) is 0 Å². The number of guanidine groups is 1. The SMILES string of the molecule is CN=C(NCc1coc(-c2cccs2)n1)N1CCSC(C(C)C)C1.I. The number of thiophene rings is 1. The van der Waals surface area contributed by atoms with Crippen LogP contribution < -0.4 is 5.32 Å². The molecule has 0 amide bonds. The highest BCUT2D eigenvalue weighted by atomic mass is 127. The van der Waals surface area contributed by atoms with E-state index in [0.29, 0.717) is 23.6 Å². The largest absolute Gasteiger partial charge is 0.443 e. The Kier molecular flexibility index (Phi) is 8.08. The highest BCUT2D eigenvalue weighted by molar-refractivity contribution is 14.0. The van der Waals surface area contributed by atoms with Gasteiger partial charge >= 0.3 is 0 Å². The standard InChI is InChI=1S/C17H24N4OS2.HI/c1-12(2)15-10-21(6-8-24-15)17(18-3)19-9-13-11-22-16(20-13)14-5-4-7-23-14;/h4-5,7,11-12,15H,6,8-10H2,1-3H3,(H,18,19);1H. The molecule has 8 heteroatoms. The van der Waals surface area contributed by atoms with Crippen LogP contribution in [0.2, 0.25) is 0 Å². The van der Waals surface area contributed by atoms with Gasteiger partial charge in [-0.05, 0) is 17.4 Å². The average molecular weight is 492 g/mol. The number of nitrogens with one attached hydrogen (secondary N) is 1. The molecule has 1 aliphatic heterocycles. The van der Waals surface area contributed by atoms with Crippen LogP contribution in [0.3, 0.4) is 0 Å². The first-order chi connectivity index (χ1) is 11.7. The first-order valence-corrected chi connectivity index (χ1v) is 10.2. The summed E-state index contributed by atoms with van der Waals surface area (Å²) in [5.74, 6) is 3.46. The van der Waals surface area contributed by atoms with Gasteiger partial charge < -0.3 is 14.6 Å². The number of thioether (sulfide) groups is 1. The van der Waals surface area contributed by atoms with E-state index in [4.69, 9.17) is 4.42 Å². The molecular formula is C17H25IN4OS2. The van der Waals surface area contributed by atoms with E-state index in [1.807, 2.05) is 24.6 Å². The summed E-state index contributed by atoms with van der Waals surface area (Å²) >= 11 is 3.70. The molecule has 2 aromatic rings. The molecule has 138 valence electrons. The van der Waals surface area contributed by atoms with Crippen LogP contribution >= 0.6 is 47.1 Å². The van der Waals surface area contributed by atoms with Crippen molar-refractivity contribution >= 4 is 53.0 Å². The molecule has 0 aromatic carbocycles. The molecule has 2 aromatic heterocycles. The number of rotatable bonds is 4. The van der Waals surface area contributed by atoms with Gasteiger partial charge in [0.15, 0.2) is 5.96 Å². The third kappa shape index (κ3) is 5.37. The first kappa shape index (κ1) is 20.6. The highest BCUT2D eigenvalue weighted by Gasteiger charge is 2.24. The van der Waals surface area contributed by atoms with E-state index in [-0.39, 0.29) is 24.0 Å². The van der Waals surface area contributed by atoms with Crippen molar-refractivity contribution in [3.05, 3.63) is 29.5 Å². The number of oxazole rings is 1. The Morgan fingerprint density at radius 2 is 2.36 bits per heavy atom. The Morgan fingerprint density at radius 1 is 1.52 bits per heavy atom. The van der Waals surface area contributed by atoms with Crippen LogP contribution in [0.25, 0.3) is 10.8 Å². The fourth-order valence-electron chi connectivity index (χ4n) is 2.67. The molecule has 1 saturated heterocycles. The lowest BCUT2D eigenvalue weighted by molar-refractivity contribution is 0.380. The molecule has 0 radical (unpaired) electrons. The van der Waals surface area contributed by atoms with Gasteiger partial charge in [0.2, 0.25) is 5.89 Å². The predicted molar refractivity (Wildman–Crippen MR) is 118 cm³/mol. The van der Waals surface area contributed by atoms with Crippen molar-refractivity contribution in [2.45, 2.75) is 25.6 Å². The molecule has 0 saturated carbocycles. The van der Waals surface area contributed by atoms with Crippen molar-refractivity contribution < 1.29 is 4.42 Å². The summed E-state index contributed by atoms with van der Waals surface area (Å²) in [6.07, 6.45) is 1.72. The zero-order valence-electron chi connectivity index (χ0n) is 14.8. The topological polar surface area (TPSA) is 53.7 Å². The summed E-state index contributed by atoms with van der Waals surface area (Å²) in [6, 6.07) is 4.02. The maximum absolute atomic E-state index is 5.57. The minimum absolute atomic E-state index is 0. The smallest absolute Gasteiger partial charge is 0.236 e. The lowest BCUT2D eigenvalue weighted by Gasteiger charge is -2.36. The van der Waals surface area contributed by atoms with Gasteiger partial charge in [-0.3, -0.25) is 4.99 Å². The quantitative estimate of drug-likeness (QED) is 0.395. The van der Waals surface area contributed by atoms with E-state index >= 15 is 0 Å². The van der Waals surface area contributed by atoms with E-state index in [2.05, 4.69) is 45.8 Å². The fraction of sp³-hybridized carbons (Fsp3) is 0.529. The van der Waals surface area contributed by atoms with Crippen LogP contribution in [0.15, 0.2) is 33.2 Å². The second-order valence-electron chi connectivity index (χ2n) is 6.12. The monoisotopic (exact) mass is 492 g/mol. The zero-order chi connectivity index (χ0) is 16.9. The summed E-state index contributed by atoms with van der Waals surface area (Å²) < 4.78 is 5.57. The van der Waals surface area contributed by atoms with Gasteiger partial charge in [-0.2, -0.15) is 11.8 Å². The maximum atomic E-state index is 5.57. The van der Waals surface area contributed by atoms with E-state index in [1.54, 1.807) is 17.6 Å². The highest BCUT2D eigenvalue weighted by Crippen LogP contribution is 2.25. The molecule has 25 heavy (non-hydrogen) atoms. The second kappa shape index (κ2) is 9.82. The third-order valence-electron chi connectivity index (χ3n) is 4.06. The molecule has 0 aliphatic carbocycles. The van der Waals surface area contributed by atoms with Gasteiger partial charge in [0.25, 0.3) is 0 Å². The molecule has 3 rings (SSSR count). The Balaban J connectivity index is 0.00000225. The van der Waals surface area contributed by atoms with Gasteiger partial charge in [0.05, 0.1) is 17.1 Å². The summed E-state index contributed by atoms with van der Waals surface area (Å²) in [7, 11) is 1.84. The van der Waals surface area contributed by atoms with Gasteiger partial charge in [-0.25, -0.2) is 4.98 Å². The van der Waals surface area contributed by atoms with Crippen LogP contribution in [0.4, 0.5) is 0 Å². The fourth-order valence-corrected chi connectivity index (χ4v) is 4.63. The molecule has 1 fully saturated rings. The first-order valence-electron chi connectivity index (χ1n) is 8.23. The Labute approximate surface area is 174 Å². The Hall–Kier alpha value is -0.740. The van der Waals surface area contributed by atoms with Crippen molar-refractivity contribution in [1.82, 2.24) is 15.2 Å². The Bertz CT molecular complexity index is 672. The third-order valence-corrected chi connectivity index (χ3v) is 6.46. The van der Waals surface area contributed by atoms with Crippen LogP contribution in [0, 0.1) is 5.92 Å². The van der Waals surface area contributed by atoms with Gasteiger partial charge in [0, 0.05) is 31.1 Å². The van der Waals surface area contributed by atoms with Crippen molar-refractivity contribution in [1.29, 1.82) is 0 Å². The van der Waals surface area contributed by atoms with Crippen LogP contribution in [0.5, 0.6) is 0 Å². The van der Waals surface area contributed by atoms with E-state index in [9.17, 15) is 0 Å². The summed E-state index contributed by atoms with van der Waals surface area (Å²) in [5, 5.41) is 6.11. The molecule has 3 heterocycles. The van der Waals surface area contributed by atoms with E-state index in [1.165, 1.54) is 0 Å². The summed E-state index contributed by atoms with van der Waals surface area (Å²) in [6.45, 7) is 7.28. The number of nitrogens with zero attached hydrogens (tertiary/aromatic N) is 3. The van der Waals surface area contributed by atoms with Gasteiger partial charge in [-0.1, -0.05) is 19.9 Å². The molecule has 0 bridgehead atoms. The van der Waals surface area contributed by atoms with Crippen molar-refractivity contribution in [3.8, 4) is 10.8 Å². The summed E-state index contributed by atoms with van der Waals surface area (Å²) in [5.41, 5.74) is 0.895. The van der Waals surface area contributed by atoms with Crippen LogP contribution in [-0.2, 0) is 6.54 Å². The number of hydrogen-bond donors (Lipinski definition) is 1. The van der Waals surface area contributed by atoms with E-state index < -0.39 is 0 Å². The van der Waals surface area contributed by atoms with Crippen molar-refractivity contribution in [2.75, 3.05) is 25.9 Å². The van der Waals surface area contributed by atoms with Crippen LogP contribution in [-0.4, -0.2) is 47.0 Å². The molecular weight excluding hydrogens is 467 g/mol. The van der Waals surface area contributed by atoms with E-state index in [0.717, 1.165) is 35.4 Å². The second-order valence-corrected chi connectivity index (χ2v) is 8.42.